The molecule has 2 rings (SSSR count). The summed E-state index contributed by atoms with van der Waals surface area (Å²) in [4.78, 5) is 46.5. The van der Waals surface area contributed by atoms with Gasteiger partial charge in [0, 0.05) is 33.0 Å². The number of esters is 4. The Bertz CT molecular complexity index is 799. The monoisotopic (exact) mass is 491 g/mol. The highest BCUT2D eigenvalue weighted by Gasteiger charge is 2.53. The average molecular weight is 492 g/mol. The molecule has 0 bridgehead atoms. The van der Waals surface area contributed by atoms with Crippen LogP contribution < -0.4 is 0 Å². The van der Waals surface area contributed by atoms with Gasteiger partial charge in [-0.2, -0.15) is 0 Å². The van der Waals surface area contributed by atoms with Gasteiger partial charge < -0.3 is 23.7 Å². The SMILES string of the molecule is CC(=O)OCC1OC(n2cc(CBr)nn2)[C@H](OC(C)=O)C(OC(C)=O)[C@@H]1OC(C)=O. The molecule has 1 fully saturated rings. The minimum absolute atomic E-state index is 0.311. The van der Waals surface area contributed by atoms with Crippen LogP contribution in [0.3, 0.4) is 0 Å². The summed E-state index contributed by atoms with van der Waals surface area (Å²) in [5, 5.41) is 8.31. The normalized spacial score (nSPS) is 25.8. The van der Waals surface area contributed by atoms with E-state index in [0.717, 1.165) is 13.8 Å². The van der Waals surface area contributed by atoms with E-state index in [4.69, 9.17) is 23.7 Å². The van der Waals surface area contributed by atoms with E-state index in [9.17, 15) is 19.2 Å². The lowest BCUT2D eigenvalue weighted by molar-refractivity contribution is -0.270. The first-order valence-corrected chi connectivity index (χ1v) is 10.0. The smallest absolute Gasteiger partial charge is 0.303 e. The largest absolute Gasteiger partial charge is 0.463 e. The molecule has 12 nitrogen and oxygen atoms in total. The van der Waals surface area contributed by atoms with Gasteiger partial charge in [-0.1, -0.05) is 21.1 Å². The van der Waals surface area contributed by atoms with Crippen molar-refractivity contribution in [3.63, 3.8) is 0 Å². The Kier molecular flexibility index (Phi) is 8.29. The molecular formula is C17H22BrN3O9. The molecule has 166 valence electrons. The number of carbonyl (C=O) groups is 4. The van der Waals surface area contributed by atoms with Crippen molar-refractivity contribution in [3.8, 4) is 0 Å². The Morgan fingerprint density at radius 2 is 1.53 bits per heavy atom. The molecule has 0 spiro atoms. The lowest BCUT2D eigenvalue weighted by Crippen LogP contribution is -2.60. The van der Waals surface area contributed by atoms with Crippen molar-refractivity contribution in [3.05, 3.63) is 11.9 Å². The van der Waals surface area contributed by atoms with E-state index in [0.29, 0.717) is 11.0 Å². The van der Waals surface area contributed by atoms with Gasteiger partial charge in [-0.05, 0) is 0 Å². The third-order valence-corrected chi connectivity index (χ3v) is 4.50. The van der Waals surface area contributed by atoms with Gasteiger partial charge >= 0.3 is 23.9 Å². The van der Waals surface area contributed by atoms with Gasteiger partial charge in [0.15, 0.2) is 24.5 Å². The summed E-state index contributed by atoms with van der Waals surface area (Å²) in [6, 6.07) is 0. The predicted molar refractivity (Wildman–Crippen MR) is 99.9 cm³/mol. The molecule has 5 atom stereocenters. The second-order valence-corrected chi connectivity index (χ2v) is 6.97. The molecule has 0 aromatic carbocycles. The topological polar surface area (TPSA) is 145 Å². The molecule has 0 saturated carbocycles. The standard InChI is InChI=1S/C17H22BrN3O9/c1-8(22)26-7-13-14(27-9(2)23)15(28-10(3)24)16(29-11(4)25)17(30-13)21-6-12(5-18)19-20-21/h6,13-17H,5,7H2,1-4H3/t13?,14-,15?,16-,17?/m1/s1. The first-order valence-electron chi connectivity index (χ1n) is 8.89. The van der Waals surface area contributed by atoms with Crippen LogP contribution in [0.2, 0.25) is 0 Å². The van der Waals surface area contributed by atoms with Crippen molar-refractivity contribution < 1.29 is 42.9 Å². The summed E-state index contributed by atoms with van der Waals surface area (Å²) >= 11 is 3.26. The van der Waals surface area contributed by atoms with E-state index in [1.54, 1.807) is 0 Å². The molecule has 0 aliphatic carbocycles. The minimum atomic E-state index is -1.26. The Hall–Kier alpha value is -2.54. The van der Waals surface area contributed by atoms with Crippen LogP contribution in [0.4, 0.5) is 0 Å². The molecule has 3 unspecified atom stereocenters. The number of aromatic nitrogens is 3. The number of carbonyl (C=O) groups excluding carboxylic acids is 4. The maximum Gasteiger partial charge on any atom is 0.303 e. The third kappa shape index (κ3) is 6.23. The predicted octanol–water partition coefficient (Wildman–Crippen LogP) is 0.429. The molecule has 0 amide bonds. The number of hydrogen-bond donors (Lipinski definition) is 0. The molecule has 13 heteroatoms. The zero-order valence-corrected chi connectivity index (χ0v) is 18.4. The Morgan fingerprint density at radius 1 is 0.967 bits per heavy atom. The molecule has 0 N–H and O–H groups in total. The summed E-state index contributed by atoms with van der Waals surface area (Å²) in [7, 11) is 0. The van der Waals surface area contributed by atoms with Gasteiger partial charge in [-0.15, -0.1) is 5.10 Å². The Balaban J connectivity index is 2.50. The third-order valence-electron chi connectivity index (χ3n) is 3.92. The van der Waals surface area contributed by atoms with Crippen LogP contribution in [0.25, 0.3) is 0 Å². The molecule has 30 heavy (non-hydrogen) atoms. The maximum absolute atomic E-state index is 11.8. The molecule has 1 saturated heterocycles. The summed E-state index contributed by atoms with van der Waals surface area (Å²) in [5.74, 6) is -2.69. The fourth-order valence-corrected chi connectivity index (χ4v) is 3.17. The van der Waals surface area contributed by atoms with Gasteiger partial charge in [0.25, 0.3) is 0 Å². The van der Waals surface area contributed by atoms with Crippen molar-refractivity contribution in [2.45, 2.75) is 63.7 Å². The summed E-state index contributed by atoms with van der Waals surface area (Å²) in [5.41, 5.74) is 0.558. The van der Waals surface area contributed by atoms with Crippen LogP contribution in [0, 0.1) is 0 Å². The van der Waals surface area contributed by atoms with E-state index in [1.165, 1.54) is 24.7 Å². The zero-order chi connectivity index (χ0) is 22.4. The summed E-state index contributed by atoms with van der Waals surface area (Å²) in [6.45, 7) is 4.36. The first kappa shape index (κ1) is 23.7. The molecule has 1 aromatic heterocycles. The van der Waals surface area contributed by atoms with Crippen LogP contribution in [-0.4, -0.2) is 69.9 Å². The van der Waals surface area contributed by atoms with Gasteiger partial charge in [-0.3, -0.25) is 19.2 Å². The molecule has 1 aliphatic rings. The minimum Gasteiger partial charge on any atom is -0.463 e. The molecule has 1 aromatic rings. The first-order chi connectivity index (χ1) is 14.1. The highest BCUT2D eigenvalue weighted by Crippen LogP contribution is 2.34. The highest BCUT2D eigenvalue weighted by atomic mass is 79.9. The lowest BCUT2D eigenvalue weighted by atomic mass is 9.97. The number of hydrogen-bond acceptors (Lipinski definition) is 11. The van der Waals surface area contributed by atoms with Crippen LogP contribution in [0.1, 0.15) is 39.6 Å². The van der Waals surface area contributed by atoms with E-state index in [-0.39, 0.29) is 6.61 Å². The number of halogens is 1. The zero-order valence-electron chi connectivity index (χ0n) is 16.8. The van der Waals surface area contributed by atoms with E-state index >= 15 is 0 Å². The van der Waals surface area contributed by atoms with Crippen molar-refractivity contribution in [1.29, 1.82) is 0 Å². The van der Waals surface area contributed by atoms with Crippen molar-refractivity contribution >= 4 is 39.8 Å². The Labute approximate surface area is 180 Å². The molecule has 1 aliphatic heterocycles. The average Bonchev–Trinajstić information content (AvgIpc) is 3.11. The van der Waals surface area contributed by atoms with Gasteiger partial charge in [0.2, 0.25) is 0 Å². The fraction of sp³-hybridized carbons (Fsp3) is 0.647. The van der Waals surface area contributed by atoms with Crippen LogP contribution in [0.5, 0.6) is 0 Å². The molecule has 0 radical (unpaired) electrons. The quantitative estimate of drug-likeness (QED) is 0.297. The summed E-state index contributed by atoms with van der Waals surface area (Å²) in [6.07, 6.45) is -4.32. The van der Waals surface area contributed by atoms with E-state index in [1.807, 2.05) is 0 Å². The van der Waals surface area contributed by atoms with Crippen LogP contribution in [0.15, 0.2) is 6.20 Å². The Morgan fingerprint density at radius 3 is 2.03 bits per heavy atom. The second kappa shape index (κ2) is 10.5. The van der Waals surface area contributed by atoms with Crippen LogP contribution in [-0.2, 0) is 48.2 Å². The number of alkyl halides is 1. The maximum atomic E-state index is 11.8. The van der Waals surface area contributed by atoms with Crippen molar-refractivity contribution in [1.82, 2.24) is 15.0 Å². The fourth-order valence-electron chi connectivity index (χ4n) is 2.92. The van der Waals surface area contributed by atoms with E-state index < -0.39 is 54.5 Å². The summed E-state index contributed by atoms with van der Waals surface area (Å²) < 4.78 is 28.3. The van der Waals surface area contributed by atoms with Crippen molar-refractivity contribution in [2.75, 3.05) is 6.61 Å². The highest BCUT2D eigenvalue weighted by molar-refractivity contribution is 9.08. The number of ether oxygens (including phenoxy) is 5. The number of nitrogens with zero attached hydrogens (tertiary/aromatic N) is 3. The van der Waals surface area contributed by atoms with E-state index in [2.05, 4.69) is 26.2 Å². The van der Waals surface area contributed by atoms with Gasteiger partial charge in [-0.25, -0.2) is 4.68 Å². The van der Waals surface area contributed by atoms with Crippen molar-refractivity contribution in [2.24, 2.45) is 0 Å². The lowest BCUT2D eigenvalue weighted by Gasteiger charge is -2.44. The van der Waals surface area contributed by atoms with Crippen LogP contribution >= 0.6 is 15.9 Å². The second-order valence-electron chi connectivity index (χ2n) is 6.41. The molecular weight excluding hydrogens is 470 g/mol. The van der Waals surface area contributed by atoms with Gasteiger partial charge in [0.05, 0.1) is 11.9 Å². The van der Waals surface area contributed by atoms with Gasteiger partial charge in [0.1, 0.15) is 12.7 Å². The molecule has 2 heterocycles. The number of rotatable bonds is 7.